The van der Waals surface area contributed by atoms with Gasteiger partial charge in [-0.3, -0.25) is 19.5 Å². The van der Waals surface area contributed by atoms with Gasteiger partial charge in [-0.25, -0.2) is 0 Å². The Morgan fingerprint density at radius 1 is 1.16 bits per heavy atom. The van der Waals surface area contributed by atoms with Crippen LogP contribution >= 0.6 is 0 Å². The number of unbranched alkanes of at least 4 members (excludes halogenated alkanes) is 5. The fourth-order valence-electron chi connectivity index (χ4n) is 2.35. The number of rotatable bonds is 8. The molecule has 1 heterocycles. The highest BCUT2D eigenvalue weighted by atomic mass is 32.2. The monoisotopic (exact) mass is 291 g/mol. The molecule has 1 saturated heterocycles. The van der Waals surface area contributed by atoms with E-state index in [-0.39, 0.29) is 6.42 Å². The number of carbonyl (C=O) groups is 2. The molecule has 1 fully saturated rings. The fraction of sp³-hybridized carbons (Fsp3) is 0.833. The van der Waals surface area contributed by atoms with Crippen LogP contribution in [0.2, 0.25) is 0 Å². The average molecular weight is 291 g/mol. The zero-order valence-electron chi connectivity index (χ0n) is 11.1. The molecule has 0 aliphatic carbocycles. The maximum Gasteiger partial charge on any atom is 0.280 e. The summed E-state index contributed by atoms with van der Waals surface area (Å²) in [5.41, 5.74) is 0. The van der Waals surface area contributed by atoms with Crippen molar-refractivity contribution in [2.24, 2.45) is 0 Å². The van der Waals surface area contributed by atoms with Gasteiger partial charge in [-0.1, -0.05) is 45.4 Å². The molecule has 0 aromatic heterocycles. The Labute approximate surface area is 113 Å². The Bertz CT molecular complexity index is 445. The van der Waals surface area contributed by atoms with E-state index >= 15 is 0 Å². The van der Waals surface area contributed by atoms with E-state index in [1.165, 1.54) is 0 Å². The van der Waals surface area contributed by atoms with E-state index in [4.69, 9.17) is 0 Å². The van der Waals surface area contributed by atoms with Gasteiger partial charge in [0, 0.05) is 0 Å². The van der Waals surface area contributed by atoms with E-state index < -0.39 is 33.1 Å². The van der Waals surface area contributed by atoms with Gasteiger partial charge in [-0.15, -0.1) is 0 Å². The van der Waals surface area contributed by atoms with E-state index in [0.29, 0.717) is 6.42 Å². The molecule has 0 bridgehead atoms. The molecule has 0 radical (unpaired) electrons. The van der Waals surface area contributed by atoms with Crippen LogP contribution in [0.25, 0.3) is 0 Å². The summed E-state index contributed by atoms with van der Waals surface area (Å²) in [5.74, 6) is -1.54. The molecular formula is C12H21NO5S. The van der Waals surface area contributed by atoms with Gasteiger partial charge in [0.05, 0.1) is 6.42 Å². The second kappa shape index (κ2) is 6.47. The summed E-state index contributed by atoms with van der Waals surface area (Å²) in [5, 5.41) is 1.96. The number of nitrogens with one attached hydrogen (secondary N) is 1. The molecule has 7 heteroatoms. The lowest BCUT2D eigenvalue weighted by Crippen LogP contribution is -2.45. The van der Waals surface area contributed by atoms with Crippen LogP contribution in [0.1, 0.15) is 58.3 Å². The lowest BCUT2D eigenvalue weighted by Gasteiger charge is -2.21. The molecule has 1 aliphatic rings. The summed E-state index contributed by atoms with van der Waals surface area (Å²) in [6, 6.07) is 0. The Morgan fingerprint density at radius 2 is 1.74 bits per heavy atom. The molecule has 110 valence electrons. The molecule has 1 unspecified atom stereocenters. The van der Waals surface area contributed by atoms with Crippen molar-refractivity contribution in [1.82, 2.24) is 5.32 Å². The predicted octanol–water partition coefficient (Wildman–Crippen LogP) is 1.41. The second-order valence-corrected chi connectivity index (χ2v) is 6.77. The first-order valence-corrected chi connectivity index (χ1v) is 8.09. The third kappa shape index (κ3) is 3.76. The van der Waals surface area contributed by atoms with Crippen LogP contribution in [0.5, 0.6) is 0 Å². The topological polar surface area (TPSA) is 101 Å². The maximum atomic E-state index is 11.6. The summed E-state index contributed by atoms with van der Waals surface area (Å²) in [4.78, 5) is 22.8. The van der Waals surface area contributed by atoms with Crippen LogP contribution in [-0.2, 0) is 19.7 Å². The first-order valence-electron chi connectivity index (χ1n) is 6.65. The lowest BCUT2D eigenvalue weighted by atomic mass is 9.98. The third-order valence-corrected chi connectivity index (χ3v) is 5.06. The van der Waals surface area contributed by atoms with Gasteiger partial charge in [0.15, 0.2) is 4.75 Å². The highest BCUT2D eigenvalue weighted by Gasteiger charge is 2.55. The number of carbonyl (C=O) groups excluding carboxylic acids is 2. The predicted molar refractivity (Wildman–Crippen MR) is 70.0 cm³/mol. The van der Waals surface area contributed by atoms with Crippen LogP contribution in [0.4, 0.5) is 0 Å². The Kier molecular flexibility index (Phi) is 5.49. The van der Waals surface area contributed by atoms with Crippen molar-refractivity contribution in [3.63, 3.8) is 0 Å². The SMILES string of the molecule is CCCCCCCCC1(S(=O)(=O)O)CC(=O)NC1=O. The Balaban J connectivity index is 2.59. The van der Waals surface area contributed by atoms with E-state index in [9.17, 15) is 22.6 Å². The van der Waals surface area contributed by atoms with Crippen LogP contribution in [0.3, 0.4) is 0 Å². The largest absolute Gasteiger partial charge is 0.295 e. The summed E-state index contributed by atoms with van der Waals surface area (Å²) in [6.45, 7) is 2.10. The van der Waals surface area contributed by atoms with Gasteiger partial charge < -0.3 is 0 Å². The number of amides is 2. The van der Waals surface area contributed by atoms with Gasteiger partial charge in [-0.2, -0.15) is 8.42 Å². The van der Waals surface area contributed by atoms with Crippen molar-refractivity contribution in [3.05, 3.63) is 0 Å². The van der Waals surface area contributed by atoms with Crippen LogP contribution in [0.15, 0.2) is 0 Å². The summed E-state index contributed by atoms with van der Waals surface area (Å²) < 4.78 is 30.1. The molecule has 0 spiro atoms. The molecule has 1 rings (SSSR count). The minimum absolute atomic E-state index is 0.00443. The van der Waals surface area contributed by atoms with Gasteiger partial charge in [0.1, 0.15) is 0 Å². The average Bonchev–Trinajstić information content (AvgIpc) is 2.59. The smallest absolute Gasteiger partial charge is 0.280 e. The quantitative estimate of drug-likeness (QED) is 0.400. The summed E-state index contributed by atoms with van der Waals surface area (Å²) in [7, 11) is -4.58. The van der Waals surface area contributed by atoms with E-state index in [1.54, 1.807) is 0 Å². The number of imide groups is 1. The summed E-state index contributed by atoms with van der Waals surface area (Å²) in [6.07, 6.45) is 5.10. The highest BCUT2D eigenvalue weighted by molar-refractivity contribution is 7.88. The van der Waals surface area contributed by atoms with Crippen LogP contribution in [0, 0.1) is 0 Å². The van der Waals surface area contributed by atoms with Crippen LogP contribution in [-0.4, -0.2) is 29.5 Å². The van der Waals surface area contributed by atoms with Crippen molar-refractivity contribution >= 4 is 21.9 Å². The van der Waals surface area contributed by atoms with Gasteiger partial charge >= 0.3 is 0 Å². The number of hydrogen-bond donors (Lipinski definition) is 2. The molecule has 19 heavy (non-hydrogen) atoms. The van der Waals surface area contributed by atoms with E-state index in [2.05, 4.69) is 6.92 Å². The molecule has 1 atom stereocenters. The first-order chi connectivity index (χ1) is 8.83. The second-order valence-electron chi connectivity index (χ2n) is 5.04. The molecule has 6 nitrogen and oxygen atoms in total. The van der Waals surface area contributed by atoms with Gasteiger partial charge in [0.2, 0.25) is 5.91 Å². The molecule has 0 aromatic carbocycles. The third-order valence-electron chi connectivity index (χ3n) is 3.54. The molecule has 2 amide bonds. The van der Waals surface area contributed by atoms with Crippen molar-refractivity contribution in [2.45, 2.75) is 63.0 Å². The lowest BCUT2D eigenvalue weighted by molar-refractivity contribution is -0.125. The van der Waals surface area contributed by atoms with Crippen molar-refractivity contribution in [1.29, 1.82) is 0 Å². The molecule has 0 saturated carbocycles. The highest BCUT2D eigenvalue weighted by Crippen LogP contribution is 2.32. The Morgan fingerprint density at radius 3 is 2.21 bits per heavy atom. The zero-order chi connectivity index (χ0) is 14.5. The van der Waals surface area contributed by atoms with Crippen molar-refractivity contribution in [3.8, 4) is 0 Å². The molecule has 1 aliphatic heterocycles. The fourth-order valence-corrected chi connectivity index (χ4v) is 3.36. The first kappa shape index (κ1) is 16.1. The zero-order valence-corrected chi connectivity index (χ0v) is 12.0. The van der Waals surface area contributed by atoms with Gasteiger partial charge in [0.25, 0.3) is 16.0 Å². The molecule has 0 aromatic rings. The van der Waals surface area contributed by atoms with Crippen LogP contribution < -0.4 is 5.32 Å². The van der Waals surface area contributed by atoms with Crippen molar-refractivity contribution < 1.29 is 22.6 Å². The number of hydrogen-bond acceptors (Lipinski definition) is 4. The minimum atomic E-state index is -4.58. The van der Waals surface area contributed by atoms with E-state index in [0.717, 1.165) is 32.1 Å². The van der Waals surface area contributed by atoms with E-state index in [1.807, 2.05) is 5.32 Å². The standard InChI is InChI=1S/C12H21NO5S/c1-2-3-4-5-6-7-8-12(19(16,17)18)9-10(14)13-11(12)15/h2-9H2,1H3,(H,13,14,15)(H,16,17,18). The maximum absolute atomic E-state index is 11.6. The van der Waals surface area contributed by atoms with Gasteiger partial charge in [-0.05, 0) is 6.42 Å². The molecule has 2 N–H and O–H groups in total. The van der Waals surface area contributed by atoms with Crippen molar-refractivity contribution in [2.75, 3.05) is 0 Å². The summed E-state index contributed by atoms with van der Waals surface area (Å²) >= 11 is 0. The normalized spacial score (nSPS) is 23.7. The Hall–Kier alpha value is -0.950. The minimum Gasteiger partial charge on any atom is -0.295 e. The molecular weight excluding hydrogens is 270 g/mol.